The zero-order chi connectivity index (χ0) is 18.3. The molecule has 0 saturated heterocycles. The molecule has 1 spiro atoms. The molecule has 0 atom stereocenters. The van der Waals surface area contributed by atoms with Gasteiger partial charge in [0, 0.05) is 9.89 Å². The molecule has 1 heteroatoms. The topological polar surface area (TPSA) is 0 Å². The van der Waals surface area contributed by atoms with E-state index in [0.717, 1.165) is 0 Å². The fraction of sp³-hybridized carbons (Fsp3) is 0.360. The fourth-order valence-corrected chi connectivity index (χ4v) is 5.55. The van der Waals surface area contributed by atoms with Crippen LogP contribution in [0, 0.1) is 6.92 Å². The highest BCUT2D eigenvalue weighted by molar-refractivity contribution is 9.10. The lowest BCUT2D eigenvalue weighted by Gasteiger charge is -2.36. The van der Waals surface area contributed by atoms with E-state index in [1.165, 1.54) is 64.0 Å². The molecule has 0 N–H and O–H groups in total. The van der Waals surface area contributed by atoms with Gasteiger partial charge >= 0.3 is 0 Å². The minimum Gasteiger partial charge on any atom is -0.0683 e. The van der Waals surface area contributed by atoms with Crippen LogP contribution < -0.4 is 0 Å². The van der Waals surface area contributed by atoms with Crippen LogP contribution in [-0.2, 0) is 5.41 Å². The van der Waals surface area contributed by atoms with Crippen molar-refractivity contribution in [3.8, 4) is 11.1 Å². The molecule has 1 saturated carbocycles. The molecule has 0 radical (unpaired) electrons. The summed E-state index contributed by atoms with van der Waals surface area (Å²) >= 11 is 3.72. The third-order valence-electron chi connectivity index (χ3n) is 6.24. The van der Waals surface area contributed by atoms with Crippen molar-refractivity contribution in [2.45, 2.75) is 58.3 Å². The molecule has 3 aromatic rings. The summed E-state index contributed by atoms with van der Waals surface area (Å²) in [5.74, 6) is 0. The zero-order valence-electron chi connectivity index (χ0n) is 16.0. The maximum atomic E-state index is 3.72. The fourth-order valence-electron chi connectivity index (χ4n) is 5.19. The zero-order valence-corrected chi connectivity index (χ0v) is 17.6. The van der Waals surface area contributed by atoms with E-state index < -0.39 is 0 Å². The maximum Gasteiger partial charge on any atom is 0.0215 e. The summed E-state index contributed by atoms with van der Waals surface area (Å²) in [6, 6.07) is 18.4. The van der Waals surface area contributed by atoms with Gasteiger partial charge in [-0.05, 0) is 70.5 Å². The van der Waals surface area contributed by atoms with E-state index in [1.54, 1.807) is 11.1 Å². The summed E-state index contributed by atoms with van der Waals surface area (Å²) < 4.78 is 1.21. The number of aryl methyl sites for hydroxylation is 1. The number of hydrogen-bond donors (Lipinski definition) is 0. The Hall–Kier alpha value is -1.60. The molecule has 0 aliphatic heterocycles. The number of rotatable bonds is 0. The van der Waals surface area contributed by atoms with Crippen molar-refractivity contribution in [3.05, 3.63) is 69.7 Å². The number of halogens is 1. The second-order valence-electron chi connectivity index (χ2n) is 7.49. The average Bonchev–Trinajstić information content (AvgIpc) is 2.94. The summed E-state index contributed by atoms with van der Waals surface area (Å²) in [5, 5.41) is 2.83. The molecule has 3 aromatic carbocycles. The lowest BCUT2D eigenvalue weighted by atomic mass is 9.67. The van der Waals surface area contributed by atoms with E-state index in [4.69, 9.17) is 0 Å². The predicted molar refractivity (Wildman–Crippen MR) is 117 cm³/mol. The van der Waals surface area contributed by atoms with Crippen LogP contribution in [-0.4, -0.2) is 0 Å². The minimum absolute atomic E-state index is 0.238. The van der Waals surface area contributed by atoms with E-state index in [0.29, 0.717) is 0 Å². The van der Waals surface area contributed by atoms with Gasteiger partial charge < -0.3 is 0 Å². The Morgan fingerprint density at radius 2 is 1.50 bits per heavy atom. The highest BCUT2D eigenvalue weighted by Gasteiger charge is 2.44. The molecule has 134 valence electrons. The lowest BCUT2D eigenvalue weighted by molar-refractivity contribution is 0.353. The molecule has 0 amide bonds. The Kier molecular flexibility index (Phi) is 4.69. The van der Waals surface area contributed by atoms with Crippen LogP contribution in [0.5, 0.6) is 0 Å². The summed E-state index contributed by atoms with van der Waals surface area (Å²) in [6.07, 6.45) is 6.66. The van der Waals surface area contributed by atoms with Crippen LogP contribution >= 0.6 is 15.9 Å². The second kappa shape index (κ2) is 6.85. The van der Waals surface area contributed by atoms with Gasteiger partial charge in [0.1, 0.15) is 0 Å². The molecule has 5 rings (SSSR count). The highest BCUT2D eigenvalue weighted by atomic mass is 79.9. The molecule has 0 aromatic heterocycles. The third kappa shape index (κ3) is 2.47. The van der Waals surface area contributed by atoms with E-state index in [9.17, 15) is 0 Å². The maximum absolute atomic E-state index is 3.72. The largest absolute Gasteiger partial charge is 0.0683 e. The van der Waals surface area contributed by atoms with Crippen molar-refractivity contribution in [1.82, 2.24) is 0 Å². The first-order valence-electron chi connectivity index (χ1n) is 10.0. The molecule has 0 bridgehead atoms. The molecule has 2 aliphatic carbocycles. The van der Waals surface area contributed by atoms with Crippen LogP contribution in [0.25, 0.3) is 21.9 Å². The van der Waals surface area contributed by atoms with Gasteiger partial charge in [-0.3, -0.25) is 0 Å². The van der Waals surface area contributed by atoms with E-state index >= 15 is 0 Å². The summed E-state index contributed by atoms with van der Waals surface area (Å²) in [7, 11) is 0. The van der Waals surface area contributed by atoms with Crippen LogP contribution in [0.2, 0.25) is 0 Å². The van der Waals surface area contributed by atoms with Crippen molar-refractivity contribution in [3.63, 3.8) is 0 Å². The summed E-state index contributed by atoms with van der Waals surface area (Å²) in [6.45, 7) is 6.28. The van der Waals surface area contributed by atoms with Gasteiger partial charge in [0.05, 0.1) is 0 Å². The molecule has 2 aliphatic rings. The van der Waals surface area contributed by atoms with Crippen LogP contribution in [0.3, 0.4) is 0 Å². The normalized spacial score (nSPS) is 16.8. The average molecular weight is 407 g/mol. The third-order valence-corrected chi connectivity index (χ3v) is 6.73. The van der Waals surface area contributed by atoms with Crippen LogP contribution in [0.15, 0.2) is 53.0 Å². The standard InChI is InChI=1S/C23H21Br.C2H6/c1-15-13-21-22(18-8-4-3-7-17(15)18)19-10-9-16(24)14-20(19)23(21)11-5-2-6-12-23;1-2/h3-4,7-10,13-14H,2,5-6,11-12H2,1H3;1-2H3. The van der Waals surface area contributed by atoms with Gasteiger partial charge in [-0.1, -0.05) is 85.4 Å². The van der Waals surface area contributed by atoms with Crippen LogP contribution in [0.4, 0.5) is 0 Å². The second-order valence-corrected chi connectivity index (χ2v) is 8.41. The number of benzene rings is 3. The number of fused-ring (bicyclic) bond motifs is 7. The molecule has 26 heavy (non-hydrogen) atoms. The SMILES string of the molecule is CC.Cc1cc2c(c3ccccc13)-c1ccc(Br)cc1C21CCCCC1. The smallest absolute Gasteiger partial charge is 0.0215 e. The van der Waals surface area contributed by atoms with Gasteiger partial charge in [0.25, 0.3) is 0 Å². The van der Waals surface area contributed by atoms with Crippen molar-refractivity contribution < 1.29 is 0 Å². The van der Waals surface area contributed by atoms with Crippen molar-refractivity contribution >= 4 is 26.7 Å². The van der Waals surface area contributed by atoms with Gasteiger partial charge in [0.2, 0.25) is 0 Å². The molecular formula is C25H27Br. The highest BCUT2D eigenvalue weighted by Crippen LogP contribution is 2.58. The number of hydrogen-bond acceptors (Lipinski definition) is 0. The van der Waals surface area contributed by atoms with E-state index in [1.807, 2.05) is 13.8 Å². The summed E-state index contributed by atoms with van der Waals surface area (Å²) in [4.78, 5) is 0. The molecule has 0 unspecified atom stereocenters. The van der Waals surface area contributed by atoms with Gasteiger partial charge in [-0.25, -0.2) is 0 Å². The van der Waals surface area contributed by atoms with Gasteiger partial charge in [-0.15, -0.1) is 0 Å². The molecular weight excluding hydrogens is 380 g/mol. The lowest BCUT2D eigenvalue weighted by Crippen LogP contribution is -2.28. The Labute approximate surface area is 165 Å². The molecule has 1 fully saturated rings. The first-order chi connectivity index (χ1) is 12.7. The van der Waals surface area contributed by atoms with Crippen molar-refractivity contribution in [2.75, 3.05) is 0 Å². The van der Waals surface area contributed by atoms with Gasteiger partial charge in [-0.2, -0.15) is 0 Å². The Morgan fingerprint density at radius 1 is 0.808 bits per heavy atom. The first-order valence-corrected chi connectivity index (χ1v) is 10.8. The van der Waals surface area contributed by atoms with E-state index in [2.05, 4.69) is 71.4 Å². The quantitative estimate of drug-likeness (QED) is 0.353. The molecule has 0 heterocycles. The van der Waals surface area contributed by atoms with Gasteiger partial charge in [0.15, 0.2) is 0 Å². The summed E-state index contributed by atoms with van der Waals surface area (Å²) in [5.41, 5.74) is 7.77. The minimum atomic E-state index is 0.238. The molecule has 0 nitrogen and oxygen atoms in total. The first kappa shape index (κ1) is 17.8. The predicted octanol–water partition coefficient (Wildman–Crippen LogP) is 8.17. The van der Waals surface area contributed by atoms with Crippen LogP contribution in [0.1, 0.15) is 62.6 Å². The van der Waals surface area contributed by atoms with E-state index in [-0.39, 0.29) is 5.41 Å². The van der Waals surface area contributed by atoms with Crippen molar-refractivity contribution in [2.24, 2.45) is 0 Å². The van der Waals surface area contributed by atoms with Crippen molar-refractivity contribution in [1.29, 1.82) is 0 Å². The monoisotopic (exact) mass is 406 g/mol. The Morgan fingerprint density at radius 3 is 2.23 bits per heavy atom. The Bertz CT molecular complexity index is 961. The Balaban J connectivity index is 0.000000814.